The van der Waals surface area contributed by atoms with E-state index in [9.17, 15) is 4.79 Å². The van der Waals surface area contributed by atoms with Crippen molar-refractivity contribution in [2.75, 3.05) is 11.5 Å². The molecule has 19 heavy (non-hydrogen) atoms. The number of carbonyl (C=O) groups is 1. The first-order valence-corrected chi connectivity index (χ1v) is 8.88. The molecule has 0 amide bonds. The normalized spacial score (nSPS) is 27.0. The number of benzene rings is 1. The fourth-order valence-corrected chi connectivity index (χ4v) is 4.91. The Balaban J connectivity index is 1.74. The van der Waals surface area contributed by atoms with Gasteiger partial charge in [-0.3, -0.25) is 4.79 Å². The third kappa shape index (κ3) is 3.29. The van der Waals surface area contributed by atoms with Gasteiger partial charge in [0.05, 0.1) is 11.4 Å². The second kappa shape index (κ2) is 5.80. The largest absolute Gasteiger partial charge is 0.490 e. The van der Waals surface area contributed by atoms with Crippen LogP contribution in [0.5, 0.6) is 5.75 Å². The predicted molar refractivity (Wildman–Crippen MR) is 82.6 cm³/mol. The maximum atomic E-state index is 12.6. The van der Waals surface area contributed by atoms with E-state index in [0.29, 0.717) is 11.4 Å². The van der Waals surface area contributed by atoms with E-state index in [4.69, 9.17) is 4.74 Å². The van der Waals surface area contributed by atoms with Crippen LogP contribution in [0, 0.1) is 0 Å². The zero-order valence-corrected chi connectivity index (χ0v) is 12.6. The zero-order chi connectivity index (χ0) is 13.2. The lowest BCUT2D eigenvalue weighted by molar-refractivity contribution is 0.0989. The Hall–Kier alpha value is -0.610. The summed E-state index contributed by atoms with van der Waals surface area (Å²) >= 11 is 3.70. The van der Waals surface area contributed by atoms with Crippen molar-refractivity contribution in [2.45, 2.75) is 36.4 Å². The van der Waals surface area contributed by atoms with Crippen LogP contribution in [-0.2, 0) is 0 Å². The van der Waals surface area contributed by atoms with Gasteiger partial charge in [-0.15, -0.1) is 11.8 Å². The molecular weight excluding hydrogens is 276 g/mol. The van der Waals surface area contributed by atoms with Crippen LogP contribution in [0.15, 0.2) is 24.3 Å². The van der Waals surface area contributed by atoms with Gasteiger partial charge in [0.1, 0.15) is 5.75 Å². The van der Waals surface area contributed by atoms with Gasteiger partial charge in [0.25, 0.3) is 0 Å². The van der Waals surface area contributed by atoms with E-state index in [2.05, 4.69) is 6.92 Å². The van der Waals surface area contributed by atoms with Crippen LogP contribution in [0.3, 0.4) is 0 Å². The quantitative estimate of drug-likeness (QED) is 0.792. The van der Waals surface area contributed by atoms with Crippen LogP contribution in [0.2, 0.25) is 0 Å². The molecule has 1 saturated carbocycles. The van der Waals surface area contributed by atoms with E-state index in [1.165, 1.54) is 0 Å². The second-order valence-electron chi connectivity index (χ2n) is 5.08. The van der Waals surface area contributed by atoms with Gasteiger partial charge in [0.2, 0.25) is 0 Å². The molecule has 2 unspecified atom stereocenters. The summed E-state index contributed by atoms with van der Waals surface area (Å²) in [6.07, 6.45) is 2.66. The van der Waals surface area contributed by atoms with Crippen molar-refractivity contribution >= 4 is 29.3 Å². The molecule has 0 radical (unpaired) electrons. The number of carbonyl (C=O) groups excluding carboxylic acids is 1. The smallest absolute Gasteiger partial charge is 0.177 e. The molecule has 2 fully saturated rings. The fourth-order valence-electron chi connectivity index (χ4n) is 2.19. The van der Waals surface area contributed by atoms with E-state index in [1.807, 2.05) is 36.0 Å². The lowest BCUT2D eigenvalue weighted by Gasteiger charge is -2.26. The van der Waals surface area contributed by atoms with Crippen molar-refractivity contribution < 1.29 is 9.53 Å². The maximum Gasteiger partial charge on any atom is 0.177 e. The molecule has 1 aliphatic heterocycles. The molecule has 102 valence electrons. The van der Waals surface area contributed by atoms with Crippen molar-refractivity contribution in [3.05, 3.63) is 29.8 Å². The van der Waals surface area contributed by atoms with Gasteiger partial charge >= 0.3 is 0 Å². The summed E-state index contributed by atoms with van der Waals surface area (Å²) in [6.45, 7) is 2.16. The third-order valence-corrected chi connectivity index (χ3v) is 6.48. The van der Waals surface area contributed by atoms with Gasteiger partial charge in [-0.25, -0.2) is 0 Å². The Kier molecular flexibility index (Phi) is 4.08. The van der Waals surface area contributed by atoms with Crippen LogP contribution in [-0.4, -0.2) is 33.9 Å². The monoisotopic (exact) mass is 294 g/mol. The molecule has 1 aromatic carbocycles. The maximum absolute atomic E-state index is 12.6. The Morgan fingerprint density at radius 3 is 2.79 bits per heavy atom. The van der Waals surface area contributed by atoms with Crippen LogP contribution < -0.4 is 4.74 Å². The van der Waals surface area contributed by atoms with Crippen molar-refractivity contribution in [3.8, 4) is 5.75 Å². The van der Waals surface area contributed by atoms with E-state index < -0.39 is 0 Å². The van der Waals surface area contributed by atoms with Crippen LogP contribution in [0.4, 0.5) is 0 Å². The average molecular weight is 294 g/mol. The molecule has 3 rings (SSSR count). The third-order valence-electron chi connectivity index (χ3n) is 3.39. The first kappa shape index (κ1) is 13.4. The van der Waals surface area contributed by atoms with Gasteiger partial charge in [-0.1, -0.05) is 19.1 Å². The average Bonchev–Trinajstić information content (AvgIpc) is 3.23. The van der Waals surface area contributed by atoms with Gasteiger partial charge in [-0.2, -0.15) is 11.8 Å². The molecule has 2 aliphatic rings. The lowest BCUT2D eigenvalue weighted by Crippen LogP contribution is -2.31. The summed E-state index contributed by atoms with van der Waals surface area (Å²) in [5, 5.41) is 0.495. The molecule has 1 saturated heterocycles. The van der Waals surface area contributed by atoms with Crippen LogP contribution in [0.25, 0.3) is 0 Å². The Bertz CT molecular complexity index is 471. The lowest BCUT2D eigenvalue weighted by atomic mass is 10.1. The number of thioether (sulfide) groups is 2. The highest BCUT2D eigenvalue weighted by molar-refractivity contribution is 8.07. The molecule has 1 heterocycles. The van der Waals surface area contributed by atoms with Gasteiger partial charge < -0.3 is 4.74 Å². The standard InChI is InChI=1S/C15H18O2S2/c1-10-15(19-8-7-18-10)14(16)11-3-2-4-13(9-11)17-12-5-6-12/h2-4,9-10,12,15H,5-8H2,1H3. The minimum atomic E-state index is 0.0925. The second-order valence-corrected chi connectivity index (χ2v) is 7.81. The highest BCUT2D eigenvalue weighted by Crippen LogP contribution is 2.34. The number of ketones is 1. The van der Waals surface area contributed by atoms with Crippen molar-refractivity contribution in [1.29, 1.82) is 0 Å². The summed E-state index contributed by atoms with van der Waals surface area (Å²) in [6, 6.07) is 7.69. The van der Waals surface area contributed by atoms with Crippen LogP contribution >= 0.6 is 23.5 Å². The van der Waals surface area contributed by atoms with Crippen LogP contribution in [0.1, 0.15) is 30.1 Å². The topological polar surface area (TPSA) is 26.3 Å². The van der Waals surface area contributed by atoms with Crippen molar-refractivity contribution in [1.82, 2.24) is 0 Å². The molecule has 2 nitrogen and oxygen atoms in total. The molecule has 0 aromatic heterocycles. The first-order chi connectivity index (χ1) is 9.24. The molecule has 0 N–H and O–H groups in total. The minimum Gasteiger partial charge on any atom is -0.490 e. The number of hydrogen-bond acceptors (Lipinski definition) is 4. The van der Waals surface area contributed by atoms with E-state index in [1.54, 1.807) is 11.8 Å². The van der Waals surface area contributed by atoms with Gasteiger partial charge in [0.15, 0.2) is 5.78 Å². The zero-order valence-electron chi connectivity index (χ0n) is 11.0. The SMILES string of the molecule is CC1SCCSC1C(=O)c1cccc(OC2CC2)c1. The Morgan fingerprint density at radius 1 is 1.26 bits per heavy atom. The fraction of sp³-hybridized carbons (Fsp3) is 0.533. The number of hydrogen-bond donors (Lipinski definition) is 0. The summed E-state index contributed by atoms with van der Waals surface area (Å²) < 4.78 is 5.77. The van der Waals surface area contributed by atoms with Crippen molar-refractivity contribution in [3.63, 3.8) is 0 Å². The molecule has 0 spiro atoms. The molecule has 0 bridgehead atoms. The summed E-state index contributed by atoms with van der Waals surface area (Å²) in [5.41, 5.74) is 0.796. The number of Topliss-reactive ketones (excluding diaryl/α,β-unsaturated/α-hetero) is 1. The molecule has 2 atom stereocenters. The van der Waals surface area contributed by atoms with Crippen molar-refractivity contribution in [2.24, 2.45) is 0 Å². The van der Waals surface area contributed by atoms with Gasteiger partial charge in [0, 0.05) is 22.3 Å². The molecular formula is C15H18O2S2. The van der Waals surface area contributed by atoms with E-state index in [0.717, 1.165) is 35.7 Å². The Labute approximate surface area is 122 Å². The predicted octanol–water partition coefficient (Wildman–Crippen LogP) is 3.65. The van der Waals surface area contributed by atoms with Gasteiger partial charge in [-0.05, 0) is 25.0 Å². The summed E-state index contributed by atoms with van der Waals surface area (Å²) in [4.78, 5) is 12.6. The molecule has 1 aromatic rings. The summed E-state index contributed by atoms with van der Waals surface area (Å²) in [5.74, 6) is 3.32. The van der Waals surface area contributed by atoms with E-state index >= 15 is 0 Å². The number of rotatable bonds is 4. The molecule has 1 aliphatic carbocycles. The number of ether oxygens (including phenoxy) is 1. The highest BCUT2D eigenvalue weighted by atomic mass is 32.2. The Morgan fingerprint density at radius 2 is 2.05 bits per heavy atom. The minimum absolute atomic E-state index is 0.0925. The highest BCUT2D eigenvalue weighted by Gasteiger charge is 2.30. The molecule has 4 heteroatoms. The summed E-state index contributed by atoms with van der Waals surface area (Å²) in [7, 11) is 0. The first-order valence-electron chi connectivity index (χ1n) is 6.78. The van der Waals surface area contributed by atoms with E-state index in [-0.39, 0.29) is 11.0 Å².